The smallest absolute Gasteiger partial charge is 0.374 e. The van der Waals surface area contributed by atoms with Crippen molar-refractivity contribution in [3.05, 3.63) is 71.2 Å². The summed E-state index contributed by atoms with van der Waals surface area (Å²) in [5.41, 5.74) is 3.17. The molecule has 9 nitrogen and oxygen atoms in total. The number of aliphatic hydroxyl groups is 1. The van der Waals surface area contributed by atoms with Gasteiger partial charge in [0.2, 0.25) is 5.82 Å². The topological polar surface area (TPSA) is 126 Å². The maximum absolute atomic E-state index is 12.9. The number of benzene rings is 2. The first-order chi connectivity index (χ1) is 17.4. The number of amides is 1. The van der Waals surface area contributed by atoms with Crippen LogP contribution >= 0.6 is 0 Å². The monoisotopic (exact) mass is 488 g/mol. The summed E-state index contributed by atoms with van der Waals surface area (Å²) in [6, 6.07) is 14.2. The molecule has 0 aliphatic carbocycles. The molecule has 1 aliphatic heterocycles. The van der Waals surface area contributed by atoms with Crippen molar-refractivity contribution >= 4 is 11.9 Å². The van der Waals surface area contributed by atoms with Crippen LogP contribution in [-0.2, 0) is 17.7 Å². The third-order valence-corrected chi connectivity index (χ3v) is 5.79. The molecule has 186 valence electrons. The van der Waals surface area contributed by atoms with Crippen molar-refractivity contribution in [1.29, 1.82) is 5.26 Å². The van der Waals surface area contributed by atoms with Gasteiger partial charge in [-0.1, -0.05) is 24.3 Å². The number of carbonyl (C=O) groups excluding carboxylic acids is 2. The molecule has 0 unspecified atom stereocenters. The minimum Gasteiger partial charge on any atom is -0.490 e. The van der Waals surface area contributed by atoms with E-state index in [4.69, 9.17) is 9.47 Å². The highest BCUT2D eigenvalue weighted by atomic mass is 16.5. The average Bonchev–Trinajstić information content (AvgIpc) is 3.30. The number of nitrogens with zero attached hydrogens (tertiary/aromatic N) is 3. The van der Waals surface area contributed by atoms with Crippen LogP contribution in [0.2, 0.25) is 0 Å². The molecule has 2 aromatic carbocycles. The number of rotatable bonds is 9. The van der Waals surface area contributed by atoms with Gasteiger partial charge in [0.25, 0.3) is 5.91 Å². The first kappa shape index (κ1) is 24.9. The van der Waals surface area contributed by atoms with Gasteiger partial charge in [0.05, 0.1) is 23.9 Å². The van der Waals surface area contributed by atoms with E-state index in [-0.39, 0.29) is 24.7 Å². The number of carbonyl (C=O) groups is 2. The van der Waals surface area contributed by atoms with Crippen molar-refractivity contribution in [1.82, 2.24) is 14.9 Å². The number of nitrogens with one attached hydrogen (secondary N) is 1. The molecule has 0 radical (unpaired) electrons. The maximum atomic E-state index is 12.9. The Morgan fingerprint density at radius 2 is 2.06 bits per heavy atom. The third kappa shape index (κ3) is 5.73. The molecule has 1 amide bonds. The highest BCUT2D eigenvalue weighted by Gasteiger charge is 2.22. The molecule has 3 aromatic rings. The van der Waals surface area contributed by atoms with Crippen LogP contribution in [0.15, 0.2) is 48.7 Å². The zero-order valence-corrected chi connectivity index (χ0v) is 20.2. The maximum Gasteiger partial charge on any atom is 0.374 e. The standard InChI is InChI=1S/C27H28N4O5/c1-17(2)36-24-8-7-20(14-21(24)15-28)26(33)29-22(9-11-32)13-18-3-5-19(6-4-18)23-16-31-10-12-35-27(34)25(31)30-23/h3-8,14,16-17,22,32H,9-13H2,1-2H3,(H,29,33)/t22-/m1/s1. The van der Waals surface area contributed by atoms with E-state index in [1.165, 1.54) is 6.07 Å². The van der Waals surface area contributed by atoms with Crippen LogP contribution < -0.4 is 10.1 Å². The number of hydrogen-bond donors (Lipinski definition) is 2. The summed E-state index contributed by atoms with van der Waals surface area (Å²) >= 11 is 0. The first-order valence-corrected chi connectivity index (χ1v) is 11.8. The molecule has 1 aliphatic rings. The molecule has 2 N–H and O–H groups in total. The van der Waals surface area contributed by atoms with E-state index in [0.29, 0.717) is 54.4 Å². The fourth-order valence-electron chi connectivity index (χ4n) is 4.05. The van der Waals surface area contributed by atoms with Gasteiger partial charge in [0, 0.05) is 30.0 Å². The summed E-state index contributed by atoms with van der Waals surface area (Å²) in [5.74, 6) is -0.00950. The van der Waals surface area contributed by atoms with Crippen LogP contribution in [0.25, 0.3) is 11.3 Å². The lowest BCUT2D eigenvalue weighted by Gasteiger charge is -2.19. The lowest BCUT2D eigenvalue weighted by Crippen LogP contribution is -2.37. The second-order valence-corrected chi connectivity index (χ2v) is 8.85. The Kier molecular flexibility index (Phi) is 7.66. The van der Waals surface area contributed by atoms with Crippen LogP contribution in [0.1, 0.15) is 52.4 Å². The SMILES string of the molecule is CC(C)Oc1ccc(C(=O)N[C@H](CCO)Cc2ccc(-c3cn4c(n3)C(=O)OCC4)cc2)cc1C#N. The fourth-order valence-corrected chi connectivity index (χ4v) is 4.05. The summed E-state index contributed by atoms with van der Waals surface area (Å²) in [6.07, 6.45) is 2.64. The number of hydrogen-bond acceptors (Lipinski definition) is 7. The number of imidazole rings is 1. The van der Waals surface area contributed by atoms with Crippen molar-refractivity contribution in [2.45, 2.75) is 45.4 Å². The first-order valence-electron chi connectivity index (χ1n) is 11.8. The van der Waals surface area contributed by atoms with Gasteiger partial charge in [-0.3, -0.25) is 4.79 Å². The number of aromatic nitrogens is 2. The molecular formula is C27H28N4O5. The van der Waals surface area contributed by atoms with Crippen molar-refractivity contribution in [3.8, 4) is 23.1 Å². The van der Waals surface area contributed by atoms with Gasteiger partial charge in [-0.05, 0) is 50.5 Å². The van der Waals surface area contributed by atoms with Gasteiger partial charge in [0.1, 0.15) is 18.4 Å². The van der Waals surface area contributed by atoms with Crippen LogP contribution in [0, 0.1) is 11.3 Å². The largest absolute Gasteiger partial charge is 0.490 e. The molecule has 4 rings (SSSR count). The van der Waals surface area contributed by atoms with Crippen LogP contribution in [0.5, 0.6) is 5.75 Å². The van der Waals surface area contributed by atoms with Gasteiger partial charge in [-0.15, -0.1) is 0 Å². The Morgan fingerprint density at radius 3 is 2.72 bits per heavy atom. The van der Waals surface area contributed by atoms with Gasteiger partial charge >= 0.3 is 5.97 Å². The summed E-state index contributed by atoms with van der Waals surface area (Å²) < 4.78 is 12.5. The molecule has 0 fully saturated rings. The van der Waals surface area contributed by atoms with Crippen LogP contribution in [0.4, 0.5) is 0 Å². The normalized spacial score (nSPS) is 13.5. The number of cyclic esters (lactones) is 1. The highest BCUT2D eigenvalue weighted by molar-refractivity contribution is 5.95. The third-order valence-electron chi connectivity index (χ3n) is 5.79. The Hall–Kier alpha value is -4.16. The number of aliphatic hydroxyl groups excluding tert-OH is 1. The van der Waals surface area contributed by atoms with Crippen molar-refractivity contribution < 1.29 is 24.2 Å². The van der Waals surface area contributed by atoms with E-state index in [0.717, 1.165) is 11.1 Å². The lowest BCUT2D eigenvalue weighted by atomic mass is 10.0. The quantitative estimate of drug-likeness (QED) is 0.443. The summed E-state index contributed by atoms with van der Waals surface area (Å²) in [7, 11) is 0. The van der Waals surface area contributed by atoms with E-state index in [9.17, 15) is 20.0 Å². The molecule has 1 aromatic heterocycles. The molecule has 1 atom stereocenters. The summed E-state index contributed by atoms with van der Waals surface area (Å²) in [4.78, 5) is 29.2. The molecule has 0 spiro atoms. The predicted molar refractivity (Wildman–Crippen MR) is 132 cm³/mol. The van der Waals surface area contributed by atoms with Crippen molar-refractivity contribution in [3.63, 3.8) is 0 Å². The van der Waals surface area contributed by atoms with Crippen LogP contribution in [0.3, 0.4) is 0 Å². The van der Waals surface area contributed by atoms with Gasteiger partial charge in [-0.2, -0.15) is 5.26 Å². The minimum absolute atomic E-state index is 0.0794. The van der Waals surface area contributed by atoms with Crippen molar-refractivity contribution in [2.24, 2.45) is 0 Å². The molecule has 9 heteroatoms. The van der Waals surface area contributed by atoms with Gasteiger partial charge in [0.15, 0.2) is 0 Å². The number of nitriles is 1. The zero-order chi connectivity index (χ0) is 25.7. The molecule has 2 heterocycles. The van der Waals surface area contributed by atoms with E-state index in [1.807, 2.05) is 44.3 Å². The summed E-state index contributed by atoms with van der Waals surface area (Å²) in [6.45, 7) is 4.58. The molecule has 36 heavy (non-hydrogen) atoms. The van der Waals surface area contributed by atoms with E-state index in [2.05, 4.69) is 16.4 Å². The zero-order valence-electron chi connectivity index (χ0n) is 20.2. The molecule has 0 bridgehead atoms. The number of fused-ring (bicyclic) bond motifs is 1. The highest BCUT2D eigenvalue weighted by Crippen LogP contribution is 2.23. The predicted octanol–water partition coefficient (Wildman–Crippen LogP) is 3.10. The second kappa shape index (κ2) is 11.1. The Morgan fingerprint density at radius 1 is 1.28 bits per heavy atom. The summed E-state index contributed by atoms with van der Waals surface area (Å²) in [5, 5.41) is 21.9. The van der Waals surface area contributed by atoms with Gasteiger partial charge in [-0.25, -0.2) is 9.78 Å². The lowest BCUT2D eigenvalue weighted by molar-refractivity contribution is 0.0412. The van der Waals surface area contributed by atoms with E-state index >= 15 is 0 Å². The van der Waals surface area contributed by atoms with E-state index in [1.54, 1.807) is 16.7 Å². The minimum atomic E-state index is -0.421. The van der Waals surface area contributed by atoms with Crippen LogP contribution in [-0.4, -0.2) is 51.9 Å². The van der Waals surface area contributed by atoms with E-state index < -0.39 is 5.97 Å². The average molecular weight is 489 g/mol. The molecular weight excluding hydrogens is 460 g/mol. The second-order valence-electron chi connectivity index (χ2n) is 8.85. The number of ether oxygens (including phenoxy) is 2. The Balaban J connectivity index is 1.44. The molecule has 0 saturated heterocycles. The fraction of sp³-hybridized carbons (Fsp3) is 0.333. The molecule has 0 saturated carbocycles. The Labute approximate surface area is 209 Å². The number of esters is 1. The Bertz CT molecular complexity index is 1290. The van der Waals surface area contributed by atoms with Crippen molar-refractivity contribution in [2.75, 3.05) is 13.2 Å². The van der Waals surface area contributed by atoms with Gasteiger partial charge < -0.3 is 24.5 Å².